The van der Waals surface area contributed by atoms with Crippen molar-refractivity contribution in [2.75, 3.05) is 27.4 Å². The Hall–Kier alpha value is -5.84. The average molecular weight is 733 g/mol. The average Bonchev–Trinajstić information content (AvgIpc) is 3.80. The van der Waals surface area contributed by atoms with Crippen LogP contribution in [0.5, 0.6) is 11.5 Å². The van der Waals surface area contributed by atoms with E-state index < -0.39 is 11.9 Å². The van der Waals surface area contributed by atoms with Crippen LogP contribution in [0.3, 0.4) is 0 Å². The van der Waals surface area contributed by atoms with Gasteiger partial charge in [0.1, 0.15) is 22.6 Å². The molecule has 10 nitrogen and oxygen atoms in total. The Bertz CT molecular complexity index is 2060. The number of unbranched alkanes of at least 4 members (excludes halogenated alkanes) is 4. The molecule has 0 spiro atoms. The van der Waals surface area contributed by atoms with Gasteiger partial charge in [-0.2, -0.15) is 0 Å². The highest BCUT2D eigenvalue weighted by Crippen LogP contribution is 2.41. The summed E-state index contributed by atoms with van der Waals surface area (Å²) in [6, 6.07) is 25.6. The standard InChI is InChI=1S/C44H44O10/c1-49-35-25-29(27-45)23-33-37(39(53-41(33)35)31-17-11-9-12-18-31)43(47)51-21-15-7-5-3-4-6-8-16-22-52-44(48)38-34-24-30(28-46)26-36(50-2)42(34)54-40(38)32-19-13-10-14-20-32/h3-4,9-14,17-20,23-26,45-46H,5-8,15-16,21-22,27-28H2,1-2H3. The molecule has 6 aromatic rings. The number of esters is 2. The second-order valence-electron chi connectivity index (χ2n) is 12.7. The lowest BCUT2D eigenvalue weighted by Crippen LogP contribution is -2.07. The van der Waals surface area contributed by atoms with E-state index in [0.717, 1.165) is 36.8 Å². The molecular weight excluding hydrogens is 688 g/mol. The third-order valence-electron chi connectivity index (χ3n) is 9.08. The number of furan rings is 2. The van der Waals surface area contributed by atoms with Crippen molar-refractivity contribution in [1.29, 1.82) is 0 Å². The molecule has 2 N–H and O–H groups in total. The van der Waals surface area contributed by atoms with Crippen molar-refractivity contribution < 1.29 is 47.6 Å². The maximum atomic E-state index is 13.4. The van der Waals surface area contributed by atoms with Gasteiger partial charge in [0.2, 0.25) is 0 Å². The fourth-order valence-electron chi connectivity index (χ4n) is 6.37. The van der Waals surface area contributed by atoms with E-state index >= 15 is 0 Å². The van der Waals surface area contributed by atoms with Gasteiger partial charge >= 0.3 is 11.9 Å². The minimum absolute atomic E-state index is 0.211. The summed E-state index contributed by atoms with van der Waals surface area (Å²) >= 11 is 0. The highest BCUT2D eigenvalue weighted by atomic mass is 16.5. The van der Waals surface area contributed by atoms with E-state index in [1.807, 2.05) is 60.7 Å². The molecule has 0 saturated carbocycles. The normalized spacial score (nSPS) is 11.4. The van der Waals surface area contributed by atoms with Crippen LogP contribution < -0.4 is 9.47 Å². The highest BCUT2D eigenvalue weighted by Gasteiger charge is 2.27. The molecule has 0 radical (unpaired) electrons. The minimum atomic E-state index is -0.493. The van der Waals surface area contributed by atoms with Gasteiger partial charge in [0.05, 0.1) is 40.6 Å². The molecule has 2 heterocycles. The van der Waals surface area contributed by atoms with E-state index in [-0.39, 0.29) is 26.4 Å². The van der Waals surface area contributed by atoms with Crippen LogP contribution in [-0.2, 0) is 22.7 Å². The molecule has 0 aliphatic heterocycles. The van der Waals surface area contributed by atoms with Crippen LogP contribution in [0.2, 0.25) is 0 Å². The lowest BCUT2D eigenvalue weighted by atomic mass is 10.0. The number of rotatable bonds is 18. The van der Waals surface area contributed by atoms with Crippen molar-refractivity contribution in [1.82, 2.24) is 0 Å². The first kappa shape index (κ1) is 37.9. The first-order chi connectivity index (χ1) is 26.5. The number of allylic oxidation sites excluding steroid dienone is 2. The minimum Gasteiger partial charge on any atom is -0.493 e. The fraction of sp³-hybridized carbons (Fsp3) is 0.273. The summed E-state index contributed by atoms with van der Waals surface area (Å²) in [6.07, 6.45) is 8.96. The molecule has 0 bridgehead atoms. The summed E-state index contributed by atoms with van der Waals surface area (Å²) in [7, 11) is 3.04. The molecule has 0 unspecified atom stereocenters. The van der Waals surface area contributed by atoms with Gasteiger partial charge in [0, 0.05) is 21.9 Å². The first-order valence-corrected chi connectivity index (χ1v) is 18.1. The molecule has 2 aromatic heterocycles. The Labute approximate surface area is 313 Å². The van der Waals surface area contributed by atoms with Crippen molar-refractivity contribution in [2.45, 2.75) is 51.7 Å². The van der Waals surface area contributed by atoms with Crippen LogP contribution in [0.15, 0.2) is 106 Å². The van der Waals surface area contributed by atoms with Crippen molar-refractivity contribution in [3.63, 3.8) is 0 Å². The van der Waals surface area contributed by atoms with Crippen LogP contribution in [0.25, 0.3) is 44.6 Å². The van der Waals surface area contributed by atoms with Crippen LogP contribution in [0.1, 0.15) is 70.4 Å². The summed E-state index contributed by atoms with van der Waals surface area (Å²) in [5.74, 6) is 0.665. The number of aliphatic hydroxyl groups excluding tert-OH is 2. The number of ether oxygens (including phenoxy) is 4. The molecule has 0 aliphatic rings. The largest absolute Gasteiger partial charge is 0.493 e. The molecule has 280 valence electrons. The Morgan fingerprint density at radius 3 is 1.37 bits per heavy atom. The molecule has 10 heteroatoms. The number of aliphatic hydroxyl groups is 2. The van der Waals surface area contributed by atoms with E-state index in [1.54, 1.807) is 24.3 Å². The number of benzene rings is 4. The van der Waals surface area contributed by atoms with E-state index in [2.05, 4.69) is 12.2 Å². The first-order valence-electron chi connectivity index (χ1n) is 18.1. The van der Waals surface area contributed by atoms with Gasteiger partial charge in [-0.1, -0.05) is 72.8 Å². The quantitative estimate of drug-likeness (QED) is 0.0499. The van der Waals surface area contributed by atoms with E-state index in [0.29, 0.717) is 80.1 Å². The molecule has 0 atom stereocenters. The molecule has 54 heavy (non-hydrogen) atoms. The van der Waals surface area contributed by atoms with E-state index in [9.17, 15) is 19.8 Å². The Balaban J connectivity index is 0.965. The topological polar surface area (TPSA) is 138 Å². The maximum Gasteiger partial charge on any atom is 0.342 e. The summed E-state index contributed by atoms with van der Waals surface area (Å²) in [5.41, 5.74) is 4.12. The monoisotopic (exact) mass is 732 g/mol. The van der Waals surface area contributed by atoms with Crippen LogP contribution in [0.4, 0.5) is 0 Å². The number of carbonyl (C=O) groups excluding carboxylic acids is 2. The molecule has 4 aromatic carbocycles. The van der Waals surface area contributed by atoms with Gasteiger partial charge in [-0.05, 0) is 73.9 Å². The predicted molar refractivity (Wildman–Crippen MR) is 206 cm³/mol. The lowest BCUT2D eigenvalue weighted by Gasteiger charge is -2.07. The zero-order valence-corrected chi connectivity index (χ0v) is 30.5. The van der Waals surface area contributed by atoms with Crippen molar-refractivity contribution >= 4 is 33.9 Å². The molecular formula is C44H44O10. The summed E-state index contributed by atoms with van der Waals surface area (Å²) in [6.45, 7) is 0.0809. The second kappa shape index (κ2) is 18.3. The van der Waals surface area contributed by atoms with E-state index in [4.69, 9.17) is 27.8 Å². The van der Waals surface area contributed by atoms with Crippen molar-refractivity contribution in [3.05, 3.63) is 119 Å². The molecule has 0 saturated heterocycles. The van der Waals surface area contributed by atoms with Crippen molar-refractivity contribution in [3.8, 4) is 34.1 Å². The molecule has 0 aliphatic carbocycles. The van der Waals surface area contributed by atoms with Crippen LogP contribution in [0, 0.1) is 0 Å². The van der Waals surface area contributed by atoms with Gasteiger partial charge < -0.3 is 38.0 Å². The summed E-state index contributed by atoms with van der Waals surface area (Å²) < 4.78 is 34.7. The third-order valence-corrected chi connectivity index (χ3v) is 9.08. The summed E-state index contributed by atoms with van der Waals surface area (Å²) in [4.78, 5) is 26.8. The van der Waals surface area contributed by atoms with Crippen molar-refractivity contribution in [2.24, 2.45) is 0 Å². The molecule has 6 rings (SSSR count). The van der Waals surface area contributed by atoms with E-state index in [1.165, 1.54) is 14.2 Å². The highest BCUT2D eigenvalue weighted by molar-refractivity contribution is 6.11. The Kier molecular flexibility index (Phi) is 12.8. The maximum absolute atomic E-state index is 13.4. The smallest absolute Gasteiger partial charge is 0.342 e. The SMILES string of the molecule is COc1cc(CO)cc2c(C(=O)OCCCCC=CCCCCOC(=O)c3c(-c4ccccc4)oc4c(OC)cc(CO)cc34)c(-c3ccccc3)oc12. The lowest BCUT2D eigenvalue weighted by molar-refractivity contribution is 0.0491. The number of methoxy groups -OCH3 is 2. The Morgan fingerprint density at radius 2 is 1.00 bits per heavy atom. The molecule has 0 fully saturated rings. The fourth-order valence-corrected chi connectivity index (χ4v) is 6.37. The van der Waals surface area contributed by atoms with Gasteiger partial charge in [0.15, 0.2) is 22.7 Å². The molecule has 0 amide bonds. The van der Waals surface area contributed by atoms with Gasteiger partial charge in [-0.25, -0.2) is 9.59 Å². The van der Waals surface area contributed by atoms with Gasteiger partial charge in [-0.3, -0.25) is 0 Å². The zero-order chi connectivity index (χ0) is 37.9. The van der Waals surface area contributed by atoms with Gasteiger partial charge in [0.25, 0.3) is 0 Å². The number of hydrogen-bond acceptors (Lipinski definition) is 10. The zero-order valence-electron chi connectivity index (χ0n) is 30.5. The van der Waals surface area contributed by atoms with Crippen LogP contribution in [-0.4, -0.2) is 49.6 Å². The second-order valence-corrected chi connectivity index (χ2v) is 12.7. The number of hydrogen-bond donors (Lipinski definition) is 2. The third kappa shape index (κ3) is 8.51. The summed E-state index contributed by atoms with van der Waals surface area (Å²) in [5, 5.41) is 20.7. The van der Waals surface area contributed by atoms with Crippen LogP contribution >= 0.6 is 0 Å². The number of fused-ring (bicyclic) bond motifs is 2. The Morgan fingerprint density at radius 1 is 0.593 bits per heavy atom. The predicted octanol–water partition coefficient (Wildman–Crippen LogP) is 9.43. The van der Waals surface area contributed by atoms with Gasteiger partial charge in [-0.15, -0.1) is 0 Å². The number of carbonyl (C=O) groups is 2.